The van der Waals surface area contributed by atoms with Crippen LogP contribution in [0.2, 0.25) is 0 Å². The van der Waals surface area contributed by atoms with Crippen molar-refractivity contribution >= 4 is 17.4 Å². The lowest BCUT2D eigenvalue weighted by Gasteiger charge is -2.13. The fraction of sp³-hybridized carbons (Fsp3) is 0.312. The van der Waals surface area contributed by atoms with E-state index in [4.69, 9.17) is 0 Å². The lowest BCUT2D eigenvalue weighted by atomic mass is 10.1. The molecule has 2 aromatic rings. The van der Waals surface area contributed by atoms with E-state index in [2.05, 4.69) is 48.4 Å². The molecule has 0 saturated heterocycles. The molecule has 0 aliphatic rings. The summed E-state index contributed by atoms with van der Waals surface area (Å²) >= 11 is 1.86. The zero-order chi connectivity index (χ0) is 13.7. The Labute approximate surface area is 119 Å². The van der Waals surface area contributed by atoms with Gasteiger partial charge >= 0.3 is 0 Å². The van der Waals surface area contributed by atoms with Gasteiger partial charge in [-0.2, -0.15) is 0 Å². The van der Waals surface area contributed by atoms with Gasteiger partial charge in [0, 0.05) is 29.6 Å². The number of anilines is 1. The van der Waals surface area contributed by atoms with Crippen LogP contribution in [0.3, 0.4) is 0 Å². The number of hydrogen-bond acceptors (Lipinski definition) is 3. The van der Waals surface area contributed by atoms with Gasteiger partial charge in [0.25, 0.3) is 0 Å². The Morgan fingerprint density at radius 3 is 2.79 bits per heavy atom. The third-order valence-electron chi connectivity index (χ3n) is 3.08. The van der Waals surface area contributed by atoms with E-state index in [1.165, 1.54) is 21.7 Å². The number of aromatic nitrogens is 1. The van der Waals surface area contributed by atoms with Crippen LogP contribution in [-0.2, 0) is 12.2 Å². The van der Waals surface area contributed by atoms with Crippen LogP contribution in [0.15, 0.2) is 41.4 Å². The molecule has 3 heteroatoms. The van der Waals surface area contributed by atoms with Gasteiger partial charge in [-0.05, 0) is 42.7 Å². The molecule has 1 heterocycles. The first-order valence-electron chi connectivity index (χ1n) is 6.58. The Morgan fingerprint density at radius 2 is 2.11 bits per heavy atom. The van der Waals surface area contributed by atoms with Gasteiger partial charge < -0.3 is 5.32 Å². The zero-order valence-corrected chi connectivity index (χ0v) is 12.6. The van der Waals surface area contributed by atoms with Gasteiger partial charge in [-0.15, -0.1) is 11.8 Å². The van der Waals surface area contributed by atoms with E-state index >= 15 is 0 Å². The van der Waals surface area contributed by atoms with E-state index in [9.17, 15) is 0 Å². The number of aryl methyl sites for hydroxylation is 2. The van der Waals surface area contributed by atoms with Gasteiger partial charge in [0.1, 0.15) is 0 Å². The highest BCUT2D eigenvalue weighted by atomic mass is 32.2. The van der Waals surface area contributed by atoms with Crippen molar-refractivity contribution in [3.8, 4) is 0 Å². The van der Waals surface area contributed by atoms with Crippen LogP contribution in [0.4, 0.5) is 5.69 Å². The SMILES string of the molecule is CCc1cccc(NC)c1SCc1cc(C)ccn1. The van der Waals surface area contributed by atoms with Crippen molar-refractivity contribution in [2.24, 2.45) is 0 Å². The van der Waals surface area contributed by atoms with E-state index < -0.39 is 0 Å². The van der Waals surface area contributed by atoms with Crippen LogP contribution in [-0.4, -0.2) is 12.0 Å². The maximum absolute atomic E-state index is 4.42. The summed E-state index contributed by atoms with van der Waals surface area (Å²) in [5.41, 5.74) is 5.00. The van der Waals surface area contributed by atoms with Gasteiger partial charge in [0.05, 0.1) is 5.69 Å². The number of thioether (sulfide) groups is 1. The lowest BCUT2D eigenvalue weighted by molar-refractivity contribution is 1.08. The third-order valence-corrected chi connectivity index (χ3v) is 4.29. The molecule has 0 aliphatic heterocycles. The molecule has 0 amide bonds. The Hall–Kier alpha value is -1.48. The fourth-order valence-corrected chi connectivity index (χ4v) is 3.23. The number of nitrogens with one attached hydrogen (secondary N) is 1. The second-order valence-electron chi connectivity index (χ2n) is 4.51. The zero-order valence-electron chi connectivity index (χ0n) is 11.7. The summed E-state index contributed by atoms with van der Waals surface area (Å²) in [4.78, 5) is 5.77. The molecule has 1 aromatic heterocycles. The van der Waals surface area contributed by atoms with Crippen LogP contribution >= 0.6 is 11.8 Å². The van der Waals surface area contributed by atoms with E-state index in [1.807, 2.05) is 31.1 Å². The van der Waals surface area contributed by atoms with Crippen LogP contribution in [0.25, 0.3) is 0 Å². The molecule has 0 atom stereocenters. The summed E-state index contributed by atoms with van der Waals surface area (Å²) in [7, 11) is 1.98. The van der Waals surface area contributed by atoms with Crippen LogP contribution < -0.4 is 5.32 Å². The minimum absolute atomic E-state index is 0.910. The van der Waals surface area contributed by atoms with Gasteiger partial charge in [-0.25, -0.2) is 0 Å². The molecule has 19 heavy (non-hydrogen) atoms. The molecule has 0 spiro atoms. The standard InChI is InChI=1S/C16H20N2S/c1-4-13-6-5-7-15(17-3)16(13)19-11-14-10-12(2)8-9-18-14/h5-10,17H,4,11H2,1-3H3. The number of rotatable bonds is 5. The first-order chi connectivity index (χ1) is 9.24. The molecule has 2 rings (SSSR count). The molecule has 1 N–H and O–H groups in total. The van der Waals surface area contributed by atoms with Crippen LogP contribution in [0.5, 0.6) is 0 Å². The van der Waals surface area contributed by atoms with E-state index in [0.717, 1.165) is 17.9 Å². The Morgan fingerprint density at radius 1 is 1.26 bits per heavy atom. The average Bonchev–Trinajstić information content (AvgIpc) is 2.44. The normalized spacial score (nSPS) is 10.5. The number of nitrogens with zero attached hydrogens (tertiary/aromatic N) is 1. The summed E-state index contributed by atoms with van der Waals surface area (Å²) < 4.78 is 0. The van der Waals surface area contributed by atoms with E-state index in [-0.39, 0.29) is 0 Å². The van der Waals surface area contributed by atoms with Crippen molar-refractivity contribution in [1.29, 1.82) is 0 Å². The summed E-state index contributed by atoms with van der Waals surface area (Å²) in [6.07, 6.45) is 2.94. The monoisotopic (exact) mass is 272 g/mol. The second-order valence-corrected chi connectivity index (χ2v) is 5.50. The highest BCUT2D eigenvalue weighted by molar-refractivity contribution is 7.98. The minimum Gasteiger partial charge on any atom is -0.387 e. The smallest absolute Gasteiger partial charge is 0.0508 e. The highest BCUT2D eigenvalue weighted by Crippen LogP contribution is 2.33. The van der Waals surface area contributed by atoms with Crippen molar-refractivity contribution in [3.63, 3.8) is 0 Å². The van der Waals surface area contributed by atoms with Crippen LogP contribution in [0, 0.1) is 6.92 Å². The molecule has 0 fully saturated rings. The third kappa shape index (κ3) is 3.51. The van der Waals surface area contributed by atoms with Crippen molar-refractivity contribution < 1.29 is 0 Å². The van der Waals surface area contributed by atoms with E-state index in [1.54, 1.807) is 0 Å². The summed E-state index contributed by atoms with van der Waals surface area (Å²) in [6, 6.07) is 10.6. The second kappa shape index (κ2) is 6.62. The maximum Gasteiger partial charge on any atom is 0.0508 e. The van der Waals surface area contributed by atoms with Gasteiger partial charge in [0.15, 0.2) is 0 Å². The molecule has 1 aromatic carbocycles. The van der Waals surface area contributed by atoms with Crippen molar-refractivity contribution in [2.45, 2.75) is 30.9 Å². The first-order valence-corrected chi connectivity index (χ1v) is 7.57. The molecule has 0 unspecified atom stereocenters. The number of hydrogen-bond donors (Lipinski definition) is 1. The molecular weight excluding hydrogens is 252 g/mol. The van der Waals surface area contributed by atoms with Gasteiger partial charge in [-0.1, -0.05) is 19.1 Å². The Bertz CT molecular complexity index is 530. The average molecular weight is 272 g/mol. The summed E-state index contributed by atoms with van der Waals surface area (Å²) in [5.74, 6) is 0.910. The predicted octanol–water partition coefficient (Wildman–Crippen LogP) is 4.29. The molecular formula is C16H20N2S. The number of benzene rings is 1. The van der Waals surface area contributed by atoms with Gasteiger partial charge in [-0.3, -0.25) is 4.98 Å². The molecule has 0 aliphatic carbocycles. The topological polar surface area (TPSA) is 24.9 Å². The van der Waals surface area contributed by atoms with Crippen molar-refractivity contribution in [2.75, 3.05) is 12.4 Å². The molecule has 0 saturated carbocycles. The van der Waals surface area contributed by atoms with Gasteiger partial charge in [0.2, 0.25) is 0 Å². The Balaban J connectivity index is 2.19. The Kier molecular flexibility index (Phi) is 4.86. The maximum atomic E-state index is 4.42. The fourth-order valence-electron chi connectivity index (χ4n) is 2.05. The van der Waals surface area contributed by atoms with E-state index in [0.29, 0.717) is 0 Å². The van der Waals surface area contributed by atoms with Crippen LogP contribution in [0.1, 0.15) is 23.7 Å². The lowest BCUT2D eigenvalue weighted by Crippen LogP contribution is -1.96. The summed E-state index contributed by atoms with van der Waals surface area (Å²) in [6.45, 7) is 4.30. The largest absolute Gasteiger partial charge is 0.387 e. The minimum atomic E-state index is 0.910. The molecule has 100 valence electrons. The molecule has 0 bridgehead atoms. The number of pyridine rings is 1. The highest BCUT2D eigenvalue weighted by Gasteiger charge is 2.07. The molecule has 0 radical (unpaired) electrons. The van der Waals surface area contributed by atoms with Crippen molar-refractivity contribution in [1.82, 2.24) is 4.98 Å². The first kappa shape index (κ1) is 13.9. The summed E-state index contributed by atoms with van der Waals surface area (Å²) in [5, 5.41) is 3.28. The molecule has 2 nitrogen and oxygen atoms in total. The van der Waals surface area contributed by atoms with Crippen molar-refractivity contribution in [3.05, 3.63) is 53.3 Å². The quantitative estimate of drug-likeness (QED) is 0.822. The predicted molar refractivity (Wildman–Crippen MR) is 83.9 cm³/mol.